The molecule has 1 heterocycles. The van der Waals surface area contributed by atoms with Gasteiger partial charge in [0.1, 0.15) is 5.52 Å². The van der Waals surface area contributed by atoms with Crippen LogP contribution in [-0.4, -0.2) is 32.8 Å². The fourth-order valence-electron chi connectivity index (χ4n) is 3.24. The molecule has 4 aromatic rings. The second-order valence-corrected chi connectivity index (χ2v) is 6.45. The maximum atomic E-state index is 12.8. The van der Waals surface area contributed by atoms with Gasteiger partial charge in [-0.15, -0.1) is 5.10 Å². The summed E-state index contributed by atoms with van der Waals surface area (Å²) in [5, 5.41) is 10.6. The van der Waals surface area contributed by atoms with E-state index < -0.39 is 0 Å². The van der Waals surface area contributed by atoms with Crippen molar-refractivity contribution < 1.29 is 4.79 Å². The van der Waals surface area contributed by atoms with Crippen molar-refractivity contribution in [2.75, 3.05) is 7.05 Å². The fraction of sp³-hybridized carbons (Fsp3) is 0.190. The van der Waals surface area contributed by atoms with E-state index in [1.165, 1.54) is 10.8 Å². The summed E-state index contributed by atoms with van der Waals surface area (Å²) in [6.45, 7) is 3.33. The molecule has 1 amide bonds. The summed E-state index contributed by atoms with van der Waals surface area (Å²) in [6, 6.07) is 20.1. The Morgan fingerprint density at radius 1 is 1.04 bits per heavy atom. The van der Waals surface area contributed by atoms with Gasteiger partial charge >= 0.3 is 0 Å². The van der Waals surface area contributed by atoms with E-state index in [1.54, 1.807) is 4.90 Å². The summed E-state index contributed by atoms with van der Waals surface area (Å²) in [4.78, 5) is 14.5. The van der Waals surface area contributed by atoms with Gasteiger partial charge in [-0.25, -0.2) is 4.68 Å². The third kappa shape index (κ3) is 2.92. The molecule has 0 spiro atoms. The average molecular weight is 344 g/mol. The molecular formula is C21H20N4O. The van der Waals surface area contributed by atoms with Gasteiger partial charge in [-0.2, -0.15) is 0 Å². The van der Waals surface area contributed by atoms with Gasteiger partial charge in [-0.1, -0.05) is 41.6 Å². The normalized spacial score (nSPS) is 11.2. The number of aromatic nitrogens is 3. The first kappa shape index (κ1) is 16.3. The summed E-state index contributed by atoms with van der Waals surface area (Å²) in [6.07, 6.45) is 0. The first-order chi connectivity index (χ1) is 12.7. The first-order valence-corrected chi connectivity index (χ1v) is 8.72. The molecule has 130 valence electrons. The lowest BCUT2D eigenvalue weighted by atomic mass is 10.1. The van der Waals surface area contributed by atoms with Crippen molar-refractivity contribution in [2.45, 2.75) is 20.0 Å². The van der Waals surface area contributed by atoms with E-state index >= 15 is 0 Å². The van der Waals surface area contributed by atoms with Crippen LogP contribution in [0.5, 0.6) is 0 Å². The number of nitrogens with zero attached hydrogens (tertiary/aromatic N) is 4. The van der Waals surface area contributed by atoms with Gasteiger partial charge in [0, 0.05) is 25.7 Å². The molecule has 0 aliphatic carbocycles. The minimum absolute atomic E-state index is 0.0221. The van der Waals surface area contributed by atoms with Crippen LogP contribution in [0.25, 0.3) is 21.8 Å². The molecule has 3 aromatic carbocycles. The van der Waals surface area contributed by atoms with Gasteiger partial charge in [0.15, 0.2) is 0 Å². The van der Waals surface area contributed by atoms with Crippen LogP contribution in [0.15, 0.2) is 60.7 Å². The zero-order chi connectivity index (χ0) is 18.1. The van der Waals surface area contributed by atoms with Crippen molar-refractivity contribution in [3.8, 4) is 0 Å². The Morgan fingerprint density at radius 3 is 2.65 bits per heavy atom. The number of fused-ring (bicyclic) bond motifs is 2. The predicted octanol–water partition coefficient (Wildman–Crippen LogP) is 3.88. The van der Waals surface area contributed by atoms with E-state index in [0.29, 0.717) is 12.1 Å². The Morgan fingerprint density at radius 2 is 1.85 bits per heavy atom. The van der Waals surface area contributed by atoms with Crippen LogP contribution < -0.4 is 0 Å². The van der Waals surface area contributed by atoms with E-state index in [1.807, 2.05) is 49.0 Å². The third-order valence-electron chi connectivity index (χ3n) is 4.64. The molecule has 5 heteroatoms. The maximum Gasteiger partial charge on any atom is 0.253 e. The Balaban J connectivity index is 1.56. The molecule has 0 fully saturated rings. The highest BCUT2D eigenvalue weighted by molar-refractivity contribution is 5.97. The average Bonchev–Trinajstić information content (AvgIpc) is 3.09. The monoisotopic (exact) mass is 344 g/mol. The van der Waals surface area contributed by atoms with Gasteiger partial charge in [-0.3, -0.25) is 4.79 Å². The predicted molar refractivity (Wildman–Crippen MR) is 103 cm³/mol. The van der Waals surface area contributed by atoms with E-state index in [4.69, 9.17) is 0 Å². The van der Waals surface area contributed by atoms with Gasteiger partial charge in [0.25, 0.3) is 5.91 Å². The smallest absolute Gasteiger partial charge is 0.253 e. The molecular weight excluding hydrogens is 324 g/mol. The number of carbonyl (C=O) groups is 1. The van der Waals surface area contributed by atoms with Crippen molar-refractivity contribution in [2.24, 2.45) is 0 Å². The van der Waals surface area contributed by atoms with Crippen LogP contribution in [-0.2, 0) is 13.1 Å². The molecule has 0 atom stereocenters. The highest BCUT2D eigenvalue weighted by Gasteiger charge is 2.14. The highest BCUT2D eigenvalue weighted by Crippen LogP contribution is 2.18. The highest BCUT2D eigenvalue weighted by atomic mass is 16.2. The van der Waals surface area contributed by atoms with E-state index in [0.717, 1.165) is 23.1 Å². The summed E-state index contributed by atoms with van der Waals surface area (Å²) < 4.78 is 1.82. The standard InChI is InChI=1S/C21H20N4O/c1-3-25-20-11-10-18(13-19(20)22-23-25)21(26)24(2)14-15-8-9-16-6-4-5-7-17(16)12-15/h4-13H,3,14H2,1-2H3. The Labute approximate surface area is 151 Å². The lowest BCUT2D eigenvalue weighted by Gasteiger charge is -2.18. The van der Waals surface area contributed by atoms with E-state index in [2.05, 4.69) is 40.6 Å². The number of amides is 1. The molecule has 1 aromatic heterocycles. The topological polar surface area (TPSA) is 51.0 Å². The molecule has 26 heavy (non-hydrogen) atoms. The summed E-state index contributed by atoms with van der Waals surface area (Å²) in [5.74, 6) is -0.0221. The molecule has 0 saturated heterocycles. The lowest BCUT2D eigenvalue weighted by molar-refractivity contribution is 0.0785. The Kier molecular flexibility index (Phi) is 4.13. The zero-order valence-corrected chi connectivity index (χ0v) is 14.9. The molecule has 4 rings (SSSR count). The molecule has 5 nitrogen and oxygen atoms in total. The van der Waals surface area contributed by atoms with Crippen molar-refractivity contribution in [3.63, 3.8) is 0 Å². The SMILES string of the molecule is CCn1nnc2cc(C(=O)N(C)Cc3ccc4ccccc4c3)ccc21. The fourth-order valence-corrected chi connectivity index (χ4v) is 3.24. The summed E-state index contributed by atoms with van der Waals surface area (Å²) in [5.41, 5.74) is 3.43. The van der Waals surface area contributed by atoms with Crippen molar-refractivity contribution in [1.29, 1.82) is 0 Å². The van der Waals surface area contributed by atoms with Crippen molar-refractivity contribution >= 4 is 27.7 Å². The molecule has 0 radical (unpaired) electrons. The van der Waals surface area contributed by atoms with Crippen molar-refractivity contribution in [1.82, 2.24) is 19.9 Å². The van der Waals surface area contributed by atoms with Crippen LogP contribution in [0.3, 0.4) is 0 Å². The summed E-state index contributed by atoms with van der Waals surface area (Å²) in [7, 11) is 1.82. The number of aryl methyl sites for hydroxylation is 1. The second kappa shape index (κ2) is 6.59. The first-order valence-electron chi connectivity index (χ1n) is 8.72. The molecule has 0 aliphatic heterocycles. The van der Waals surface area contributed by atoms with E-state index in [-0.39, 0.29) is 5.91 Å². The molecule has 0 N–H and O–H groups in total. The van der Waals surface area contributed by atoms with Gasteiger partial charge in [-0.05, 0) is 47.5 Å². The molecule has 0 aliphatic rings. The van der Waals surface area contributed by atoms with Crippen LogP contribution in [0.4, 0.5) is 0 Å². The molecule has 0 unspecified atom stereocenters. The minimum Gasteiger partial charge on any atom is -0.337 e. The summed E-state index contributed by atoms with van der Waals surface area (Å²) >= 11 is 0. The number of rotatable bonds is 4. The van der Waals surface area contributed by atoms with Gasteiger partial charge in [0.05, 0.1) is 5.52 Å². The molecule has 0 saturated carbocycles. The number of hydrogen-bond donors (Lipinski definition) is 0. The molecule has 0 bridgehead atoms. The van der Waals surface area contributed by atoms with Crippen LogP contribution >= 0.6 is 0 Å². The van der Waals surface area contributed by atoms with Gasteiger partial charge < -0.3 is 4.90 Å². The third-order valence-corrected chi connectivity index (χ3v) is 4.64. The van der Waals surface area contributed by atoms with Crippen molar-refractivity contribution in [3.05, 3.63) is 71.8 Å². The van der Waals surface area contributed by atoms with Gasteiger partial charge in [0.2, 0.25) is 0 Å². The number of carbonyl (C=O) groups excluding carboxylic acids is 1. The maximum absolute atomic E-state index is 12.8. The zero-order valence-electron chi connectivity index (χ0n) is 14.9. The van der Waals surface area contributed by atoms with Crippen LogP contribution in [0.2, 0.25) is 0 Å². The Bertz CT molecular complexity index is 1100. The second-order valence-electron chi connectivity index (χ2n) is 6.45. The largest absolute Gasteiger partial charge is 0.337 e. The minimum atomic E-state index is -0.0221. The van der Waals surface area contributed by atoms with Crippen LogP contribution in [0, 0.1) is 0 Å². The van der Waals surface area contributed by atoms with E-state index in [9.17, 15) is 4.79 Å². The Hall–Kier alpha value is -3.21. The number of benzene rings is 3. The number of hydrogen-bond acceptors (Lipinski definition) is 3. The van der Waals surface area contributed by atoms with Crippen LogP contribution in [0.1, 0.15) is 22.8 Å². The lowest BCUT2D eigenvalue weighted by Crippen LogP contribution is -2.26. The quantitative estimate of drug-likeness (QED) is 0.564.